The molecule has 0 fully saturated rings. The molecular weight excluding hydrogens is 192 g/mol. The molecule has 1 aromatic carbocycles. The Morgan fingerprint density at radius 1 is 1.40 bits per heavy atom. The van der Waals surface area contributed by atoms with Crippen LogP contribution in [0.2, 0.25) is 0 Å². The average Bonchev–Trinajstić information content (AvgIpc) is 2.27. The third kappa shape index (κ3) is 3.36. The van der Waals surface area contributed by atoms with Crippen molar-refractivity contribution < 1.29 is 14.6 Å². The lowest BCUT2D eigenvalue weighted by Gasteiger charge is -2.18. The first-order valence-corrected chi connectivity index (χ1v) is 5.00. The van der Waals surface area contributed by atoms with E-state index in [0.717, 1.165) is 5.56 Å². The van der Waals surface area contributed by atoms with E-state index in [9.17, 15) is 9.90 Å². The number of aliphatic hydroxyl groups is 1. The average molecular weight is 208 g/mol. The van der Waals surface area contributed by atoms with Gasteiger partial charge in [0.15, 0.2) is 5.60 Å². The van der Waals surface area contributed by atoms with E-state index in [-0.39, 0.29) is 6.61 Å². The maximum atomic E-state index is 11.4. The van der Waals surface area contributed by atoms with E-state index < -0.39 is 11.6 Å². The van der Waals surface area contributed by atoms with E-state index in [0.29, 0.717) is 6.42 Å². The van der Waals surface area contributed by atoms with E-state index in [2.05, 4.69) is 0 Å². The minimum Gasteiger partial charge on any atom is -0.459 e. The number of carbonyl (C=O) groups excluding carboxylic acids is 1. The van der Waals surface area contributed by atoms with Gasteiger partial charge in [0.25, 0.3) is 0 Å². The van der Waals surface area contributed by atoms with Gasteiger partial charge < -0.3 is 9.84 Å². The number of ether oxygens (including phenoxy) is 1. The quantitative estimate of drug-likeness (QED) is 0.768. The summed E-state index contributed by atoms with van der Waals surface area (Å²) >= 11 is 0. The molecule has 1 atom stereocenters. The summed E-state index contributed by atoms with van der Waals surface area (Å²) in [7, 11) is 0. The van der Waals surface area contributed by atoms with Crippen LogP contribution in [0.3, 0.4) is 0 Å². The van der Waals surface area contributed by atoms with Gasteiger partial charge in [0.05, 0.1) is 0 Å². The molecule has 0 radical (unpaired) electrons. The fourth-order valence-electron chi connectivity index (χ4n) is 1.02. The molecule has 0 amide bonds. The van der Waals surface area contributed by atoms with E-state index >= 15 is 0 Å². The van der Waals surface area contributed by atoms with Crippen LogP contribution in [-0.2, 0) is 16.1 Å². The molecule has 1 unspecified atom stereocenters. The fraction of sp³-hybridized carbons (Fsp3) is 0.417. The number of benzene rings is 1. The highest BCUT2D eigenvalue weighted by Gasteiger charge is 2.29. The van der Waals surface area contributed by atoms with Crippen LogP contribution in [0.15, 0.2) is 30.3 Å². The largest absolute Gasteiger partial charge is 0.459 e. The van der Waals surface area contributed by atoms with E-state index in [4.69, 9.17) is 4.74 Å². The van der Waals surface area contributed by atoms with E-state index in [1.807, 2.05) is 30.3 Å². The van der Waals surface area contributed by atoms with Crippen LogP contribution >= 0.6 is 0 Å². The Morgan fingerprint density at radius 2 is 2.00 bits per heavy atom. The normalized spacial score (nSPS) is 14.3. The van der Waals surface area contributed by atoms with Crippen LogP contribution < -0.4 is 0 Å². The van der Waals surface area contributed by atoms with Crippen molar-refractivity contribution in [2.45, 2.75) is 32.5 Å². The molecule has 3 heteroatoms. The molecule has 0 aliphatic rings. The first kappa shape index (κ1) is 11.7. The van der Waals surface area contributed by atoms with Crippen molar-refractivity contribution in [3.8, 4) is 0 Å². The number of hydrogen-bond acceptors (Lipinski definition) is 3. The number of hydrogen-bond donors (Lipinski definition) is 1. The van der Waals surface area contributed by atoms with Crippen LogP contribution in [0, 0.1) is 0 Å². The zero-order valence-corrected chi connectivity index (χ0v) is 9.06. The second kappa shape index (κ2) is 4.94. The summed E-state index contributed by atoms with van der Waals surface area (Å²) in [5.74, 6) is -0.575. The predicted octanol–water partition coefficient (Wildman–Crippen LogP) is 1.89. The highest BCUT2D eigenvalue weighted by atomic mass is 16.5. The molecule has 15 heavy (non-hydrogen) atoms. The molecule has 82 valence electrons. The van der Waals surface area contributed by atoms with Crippen molar-refractivity contribution in [3.05, 3.63) is 35.9 Å². The minimum atomic E-state index is -1.38. The molecule has 0 spiro atoms. The molecule has 0 aliphatic carbocycles. The van der Waals surface area contributed by atoms with Crippen molar-refractivity contribution in [3.63, 3.8) is 0 Å². The molecule has 0 aliphatic heterocycles. The van der Waals surface area contributed by atoms with E-state index in [1.165, 1.54) is 6.92 Å². The van der Waals surface area contributed by atoms with Crippen LogP contribution in [0.5, 0.6) is 0 Å². The molecule has 0 heterocycles. The van der Waals surface area contributed by atoms with Crippen LogP contribution in [0.4, 0.5) is 0 Å². The second-order valence-electron chi connectivity index (χ2n) is 3.69. The van der Waals surface area contributed by atoms with Crippen LogP contribution in [0.25, 0.3) is 0 Å². The second-order valence-corrected chi connectivity index (χ2v) is 3.69. The maximum absolute atomic E-state index is 11.4. The molecule has 3 nitrogen and oxygen atoms in total. The van der Waals surface area contributed by atoms with Gasteiger partial charge in [0.2, 0.25) is 0 Å². The van der Waals surface area contributed by atoms with Gasteiger partial charge in [-0.2, -0.15) is 0 Å². The predicted molar refractivity (Wildman–Crippen MR) is 57.2 cm³/mol. The number of esters is 1. The fourth-order valence-corrected chi connectivity index (χ4v) is 1.02. The van der Waals surface area contributed by atoms with Crippen molar-refractivity contribution in [1.82, 2.24) is 0 Å². The summed E-state index contributed by atoms with van der Waals surface area (Å²) in [5.41, 5.74) is -0.466. The Kier molecular flexibility index (Phi) is 3.86. The third-order valence-corrected chi connectivity index (χ3v) is 2.34. The highest BCUT2D eigenvalue weighted by Crippen LogP contribution is 2.12. The van der Waals surface area contributed by atoms with E-state index in [1.54, 1.807) is 6.92 Å². The monoisotopic (exact) mass is 208 g/mol. The lowest BCUT2D eigenvalue weighted by Crippen LogP contribution is -2.35. The molecule has 0 saturated carbocycles. The number of rotatable bonds is 4. The Morgan fingerprint density at radius 3 is 2.53 bits per heavy atom. The van der Waals surface area contributed by atoms with Gasteiger partial charge in [-0.1, -0.05) is 37.3 Å². The summed E-state index contributed by atoms with van der Waals surface area (Å²) in [4.78, 5) is 11.4. The summed E-state index contributed by atoms with van der Waals surface area (Å²) in [6.07, 6.45) is 0.348. The molecule has 0 saturated heterocycles. The van der Waals surface area contributed by atoms with Crippen molar-refractivity contribution in [2.24, 2.45) is 0 Å². The molecule has 1 aromatic rings. The zero-order chi connectivity index (χ0) is 11.3. The van der Waals surface area contributed by atoms with Gasteiger partial charge >= 0.3 is 5.97 Å². The summed E-state index contributed by atoms with van der Waals surface area (Å²) in [6, 6.07) is 9.39. The van der Waals surface area contributed by atoms with Gasteiger partial charge in [0.1, 0.15) is 6.61 Å². The summed E-state index contributed by atoms with van der Waals surface area (Å²) < 4.78 is 4.99. The van der Waals surface area contributed by atoms with Crippen LogP contribution in [-0.4, -0.2) is 16.7 Å². The third-order valence-electron chi connectivity index (χ3n) is 2.34. The smallest absolute Gasteiger partial charge is 0.338 e. The summed E-state index contributed by atoms with van der Waals surface area (Å²) in [5, 5.41) is 9.60. The lowest BCUT2D eigenvalue weighted by molar-refractivity contribution is -0.165. The molecule has 1 N–H and O–H groups in total. The number of carbonyl (C=O) groups is 1. The standard InChI is InChI=1S/C12H16O3/c1-3-12(2,14)11(13)15-9-10-7-5-4-6-8-10/h4-8,14H,3,9H2,1-2H3. The van der Waals surface area contributed by atoms with Gasteiger partial charge in [0, 0.05) is 0 Å². The molecule has 1 rings (SSSR count). The zero-order valence-electron chi connectivity index (χ0n) is 9.06. The van der Waals surface area contributed by atoms with Crippen molar-refractivity contribution in [1.29, 1.82) is 0 Å². The Balaban J connectivity index is 2.48. The first-order valence-electron chi connectivity index (χ1n) is 5.00. The van der Waals surface area contributed by atoms with Gasteiger partial charge in [-0.15, -0.1) is 0 Å². The SMILES string of the molecule is CCC(C)(O)C(=O)OCc1ccccc1. The molecule has 0 bridgehead atoms. The first-order chi connectivity index (χ1) is 7.06. The van der Waals surface area contributed by atoms with Crippen molar-refractivity contribution >= 4 is 5.97 Å². The molecular formula is C12H16O3. The van der Waals surface area contributed by atoms with Crippen LogP contribution in [0.1, 0.15) is 25.8 Å². The molecule has 0 aromatic heterocycles. The lowest BCUT2D eigenvalue weighted by atomic mass is 10.0. The summed E-state index contributed by atoms with van der Waals surface area (Å²) in [6.45, 7) is 3.40. The van der Waals surface area contributed by atoms with Crippen molar-refractivity contribution in [2.75, 3.05) is 0 Å². The van der Waals surface area contributed by atoms with Gasteiger partial charge in [-0.25, -0.2) is 4.79 Å². The Bertz CT molecular complexity index is 317. The van der Waals surface area contributed by atoms with Gasteiger partial charge in [-0.05, 0) is 18.9 Å². The Hall–Kier alpha value is -1.35. The maximum Gasteiger partial charge on any atom is 0.338 e. The Labute approximate surface area is 89.7 Å². The highest BCUT2D eigenvalue weighted by molar-refractivity contribution is 5.78. The minimum absolute atomic E-state index is 0.204. The topological polar surface area (TPSA) is 46.5 Å². The van der Waals surface area contributed by atoms with Gasteiger partial charge in [-0.3, -0.25) is 0 Å².